The number of carbonyl (C=O) groups is 1. The van der Waals surface area contributed by atoms with Crippen LogP contribution < -0.4 is 0 Å². The molecule has 0 amide bonds. The number of halogens is 3. The predicted octanol–water partition coefficient (Wildman–Crippen LogP) is 4.28. The number of carbonyl (C=O) groups excluding carboxylic acids is 1. The molecule has 0 spiro atoms. The summed E-state index contributed by atoms with van der Waals surface area (Å²) in [5, 5.41) is 1.07. The van der Waals surface area contributed by atoms with E-state index in [0.29, 0.717) is 0 Å². The molecule has 0 aromatic heterocycles. The lowest BCUT2D eigenvalue weighted by atomic mass is 10.2. The van der Waals surface area contributed by atoms with Crippen LogP contribution in [0.1, 0.15) is 24.2 Å². The Morgan fingerprint density at radius 2 is 1.93 bits per heavy atom. The monoisotopic (exact) mass is 251 g/mol. The summed E-state index contributed by atoms with van der Waals surface area (Å²) < 4.78 is 12.9. The number of benzene rings is 1. The largest absolute Gasteiger partial charge is 0.275 e. The molecule has 0 aliphatic carbocycles. The summed E-state index contributed by atoms with van der Waals surface area (Å²) in [4.78, 5) is 20.8. The van der Waals surface area contributed by atoms with Gasteiger partial charge in [0.15, 0.2) is 0 Å². The van der Waals surface area contributed by atoms with Crippen LogP contribution in [0, 0.1) is 10.7 Å². The van der Waals surface area contributed by atoms with E-state index in [9.17, 15) is 14.1 Å². The Kier molecular flexibility index (Phi) is 6.05. The molecule has 1 rings (SSSR count). The maximum absolute atomic E-state index is 12.9. The zero-order chi connectivity index (χ0) is 12.0. The first-order valence-corrected chi connectivity index (χ1v) is 4.84. The van der Waals surface area contributed by atoms with E-state index < -0.39 is 16.6 Å². The van der Waals surface area contributed by atoms with E-state index in [-0.39, 0.29) is 10.7 Å². The standard InChI is InChI=1S/C7H2Cl2FNO2.C2H6/c8-6-4(11-13)2-1-3(10)5(6)7(9)12;1-2/h1-2H;1-2H3. The highest BCUT2D eigenvalue weighted by Gasteiger charge is 2.17. The lowest BCUT2D eigenvalue weighted by Crippen LogP contribution is -1.95. The van der Waals surface area contributed by atoms with Crippen molar-refractivity contribution in [3.63, 3.8) is 0 Å². The molecule has 0 aliphatic rings. The highest BCUT2D eigenvalue weighted by molar-refractivity contribution is 6.69. The number of hydrogen-bond acceptors (Lipinski definition) is 3. The summed E-state index contributed by atoms with van der Waals surface area (Å²) in [5.41, 5.74) is -0.743. The van der Waals surface area contributed by atoms with Crippen molar-refractivity contribution in [3.8, 4) is 0 Å². The smallest absolute Gasteiger partial charge is 0.256 e. The van der Waals surface area contributed by atoms with Crippen LogP contribution in [-0.2, 0) is 0 Å². The van der Waals surface area contributed by atoms with Crippen LogP contribution in [0.2, 0.25) is 5.02 Å². The molecule has 1 aromatic rings. The van der Waals surface area contributed by atoms with E-state index in [1.165, 1.54) is 0 Å². The first kappa shape index (κ1) is 14.0. The van der Waals surface area contributed by atoms with Crippen LogP contribution >= 0.6 is 23.2 Å². The molecule has 0 atom stereocenters. The molecule has 82 valence electrons. The van der Waals surface area contributed by atoms with Gasteiger partial charge in [0.05, 0.1) is 10.6 Å². The van der Waals surface area contributed by atoms with Gasteiger partial charge >= 0.3 is 0 Å². The fraction of sp³-hybridized carbons (Fsp3) is 0.222. The van der Waals surface area contributed by atoms with E-state index in [1.807, 2.05) is 13.8 Å². The van der Waals surface area contributed by atoms with Crippen molar-refractivity contribution in [2.45, 2.75) is 13.8 Å². The number of rotatable bonds is 2. The lowest BCUT2D eigenvalue weighted by molar-refractivity contribution is 0.107. The van der Waals surface area contributed by atoms with Gasteiger partial charge in [-0.25, -0.2) is 4.39 Å². The van der Waals surface area contributed by atoms with Crippen LogP contribution in [0.15, 0.2) is 17.3 Å². The highest BCUT2D eigenvalue weighted by atomic mass is 35.5. The van der Waals surface area contributed by atoms with Crippen molar-refractivity contribution in [3.05, 3.63) is 33.4 Å². The van der Waals surface area contributed by atoms with Gasteiger partial charge in [0.25, 0.3) is 5.24 Å². The summed E-state index contributed by atoms with van der Waals surface area (Å²) in [6.07, 6.45) is 0. The van der Waals surface area contributed by atoms with Crippen molar-refractivity contribution < 1.29 is 9.18 Å². The molecule has 1 aromatic carbocycles. The molecule has 0 bridgehead atoms. The molecular formula is C9H8Cl2FNO2. The third-order valence-electron chi connectivity index (χ3n) is 1.37. The Bertz CT molecular complexity index is 383. The van der Waals surface area contributed by atoms with Crippen molar-refractivity contribution >= 4 is 34.1 Å². The summed E-state index contributed by atoms with van der Waals surface area (Å²) in [6.45, 7) is 4.00. The minimum atomic E-state index is -1.06. The average molecular weight is 252 g/mol. The highest BCUT2D eigenvalue weighted by Crippen LogP contribution is 2.31. The van der Waals surface area contributed by atoms with Gasteiger partial charge in [0, 0.05) is 0 Å². The van der Waals surface area contributed by atoms with Crippen LogP contribution in [0.25, 0.3) is 0 Å². The SMILES string of the molecule is CC.O=Nc1ccc(F)c(C(=O)Cl)c1Cl. The summed E-state index contributed by atoms with van der Waals surface area (Å²) >= 11 is 10.5. The van der Waals surface area contributed by atoms with E-state index in [2.05, 4.69) is 5.18 Å². The predicted molar refractivity (Wildman–Crippen MR) is 58.4 cm³/mol. The Labute approximate surface area is 96.2 Å². The van der Waals surface area contributed by atoms with Crippen molar-refractivity contribution in [1.29, 1.82) is 0 Å². The molecule has 6 heteroatoms. The number of nitroso groups, excluding NO2 is 1. The molecule has 0 unspecified atom stereocenters. The second-order valence-corrected chi connectivity index (χ2v) is 2.84. The van der Waals surface area contributed by atoms with Gasteiger partial charge in [-0.15, -0.1) is 4.91 Å². The van der Waals surface area contributed by atoms with E-state index in [0.717, 1.165) is 12.1 Å². The van der Waals surface area contributed by atoms with Gasteiger partial charge in [0.2, 0.25) is 0 Å². The Morgan fingerprint density at radius 3 is 2.33 bits per heavy atom. The van der Waals surface area contributed by atoms with Crippen LogP contribution in [0.3, 0.4) is 0 Å². The third-order valence-corrected chi connectivity index (χ3v) is 1.94. The Hall–Kier alpha value is -1.00. The average Bonchev–Trinajstić information content (AvgIpc) is 2.20. The van der Waals surface area contributed by atoms with Gasteiger partial charge in [0.1, 0.15) is 11.5 Å². The summed E-state index contributed by atoms with van der Waals surface area (Å²) in [5.74, 6) is -0.877. The second kappa shape index (κ2) is 6.48. The minimum absolute atomic E-state index is 0.216. The topological polar surface area (TPSA) is 46.5 Å². The quantitative estimate of drug-likeness (QED) is 0.582. The normalized spacial score (nSPS) is 8.87. The zero-order valence-electron chi connectivity index (χ0n) is 8.05. The van der Waals surface area contributed by atoms with Gasteiger partial charge in [-0.1, -0.05) is 25.4 Å². The van der Waals surface area contributed by atoms with Crippen molar-refractivity contribution in [1.82, 2.24) is 0 Å². The van der Waals surface area contributed by atoms with Crippen molar-refractivity contribution in [2.24, 2.45) is 5.18 Å². The van der Waals surface area contributed by atoms with E-state index in [1.54, 1.807) is 0 Å². The van der Waals surface area contributed by atoms with Crippen molar-refractivity contribution in [2.75, 3.05) is 0 Å². The molecule has 0 heterocycles. The van der Waals surface area contributed by atoms with E-state index in [4.69, 9.17) is 23.2 Å². The summed E-state index contributed by atoms with van der Waals surface area (Å²) in [7, 11) is 0. The number of nitrogens with zero attached hydrogens (tertiary/aromatic N) is 1. The van der Waals surface area contributed by atoms with Crippen LogP contribution in [0.5, 0.6) is 0 Å². The molecule has 0 N–H and O–H groups in total. The molecule has 0 saturated heterocycles. The Balaban J connectivity index is 0.000000921. The molecular weight excluding hydrogens is 244 g/mol. The number of hydrogen-bond donors (Lipinski definition) is 0. The second-order valence-electron chi connectivity index (χ2n) is 2.12. The fourth-order valence-electron chi connectivity index (χ4n) is 0.792. The lowest BCUT2D eigenvalue weighted by Gasteiger charge is -2.00. The first-order valence-electron chi connectivity index (χ1n) is 4.09. The molecule has 0 radical (unpaired) electrons. The van der Waals surface area contributed by atoms with Gasteiger partial charge < -0.3 is 0 Å². The van der Waals surface area contributed by atoms with E-state index >= 15 is 0 Å². The van der Waals surface area contributed by atoms with Crippen LogP contribution in [-0.4, -0.2) is 5.24 Å². The van der Waals surface area contributed by atoms with Crippen LogP contribution in [0.4, 0.5) is 10.1 Å². The molecule has 0 fully saturated rings. The minimum Gasteiger partial charge on any atom is -0.275 e. The maximum atomic E-state index is 12.9. The molecule has 15 heavy (non-hydrogen) atoms. The van der Waals surface area contributed by atoms with Gasteiger partial charge in [-0.2, -0.15) is 0 Å². The fourth-order valence-corrected chi connectivity index (χ4v) is 1.30. The maximum Gasteiger partial charge on any atom is 0.256 e. The zero-order valence-corrected chi connectivity index (χ0v) is 9.56. The molecule has 3 nitrogen and oxygen atoms in total. The van der Waals surface area contributed by atoms with Gasteiger partial charge in [-0.3, -0.25) is 4.79 Å². The summed E-state index contributed by atoms with van der Waals surface area (Å²) in [6, 6.07) is 1.96. The Morgan fingerprint density at radius 1 is 1.40 bits per heavy atom. The molecule has 0 aliphatic heterocycles. The third kappa shape index (κ3) is 3.25. The molecule has 0 saturated carbocycles. The van der Waals surface area contributed by atoms with Gasteiger partial charge in [-0.05, 0) is 28.9 Å². The first-order chi connectivity index (χ1) is 7.07.